The Morgan fingerprint density at radius 3 is 1.80 bits per heavy atom. The molecule has 0 saturated carbocycles. The Morgan fingerprint density at radius 2 is 1.27 bits per heavy atom. The molecule has 0 saturated heterocycles. The number of nitrogens with one attached hydrogen (secondary N) is 1. The summed E-state index contributed by atoms with van der Waals surface area (Å²) in [4.78, 5) is 24.8. The Balaban J connectivity index is 1.50. The minimum Gasteiger partial charge on any atom is -0.485 e. The predicted octanol–water partition coefficient (Wildman–Crippen LogP) is 5.69. The van der Waals surface area contributed by atoms with Gasteiger partial charge in [-0.15, -0.1) is 0 Å². The van der Waals surface area contributed by atoms with Crippen molar-refractivity contribution in [1.82, 2.24) is 5.32 Å². The summed E-state index contributed by atoms with van der Waals surface area (Å²) in [5, 5.41) is 2.51. The third-order valence-corrected chi connectivity index (χ3v) is 6.05. The molecule has 0 bridgehead atoms. The quantitative estimate of drug-likeness (QED) is 0.252. The Hall–Kier alpha value is -4.79. The number of carbonyl (C=O) groups is 2. The van der Waals surface area contributed by atoms with E-state index < -0.39 is 29.6 Å². The van der Waals surface area contributed by atoms with Gasteiger partial charge in [0.05, 0.1) is 5.56 Å². The summed E-state index contributed by atoms with van der Waals surface area (Å²) in [6, 6.07) is 26.9. The fourth-order valence-electron chi connectivity index (χ4n) is 3.89. The molecule has 4 rings (SSSR count). The van der Waals surface area contributed by atoms with E-state index >= 15 is 0 Å². The van der Waals surface area contributed by atoms with Gasteiger partial charge in [0.25, 0.3) is 5.91 Å². The highest BCUT2D eigenvalue weighted by Crippen LogP contribution is 2.31. The number of amides is 2. The second kappa shape index (κ2) is 12.8. The van der Waals surface area contributed by atoms with Crippen molar-refractivity contribution in [2.45, 2.75) is 31.9 Å². The van der Waals surface area contributed by atoms with E-state index in [0.717, 1.165) is 35.4 Å². The molecule has 206 valence electrons. The molecule has 0 fully saturated rings. The molecule has 2 amide bonds. The number of halogens is 3. The number of nitrogens with two attached hydrogens (primary N) is 1. The van der Waals surface area contributed by atoms with Crippen molar-refractivity contribution in [1.29, 1.82) is 0 Å². The van der Waals surface area contributed by atoms with Gasteiger partial charge in [-0.3, -0.25) is 9.59 Å². The lowest BCUT2D eigenvalue weighted by atomic mass is 10.0. The van der Waals surface area contributed by atoms with Crippen LogP contribution in [0.3, 0.4) is 0 Å². The molecule has 0 unspecified atom stereocenters. The van der Waals surface area contributed by atoms with Crippen LogP contribution in [0.5, 0.6) is 11.5 Å². The largest absolute Gasteiger partial charge is 0.485 e. The van der Waals surface area contributed by atoms with Gasteiger partial charge >= 0.3 is 6.18 Å². The first kappa shape index (κ1) is 28.2. The summed E-state index contributed by atoms with van der Waals surface area (Å²) in [6.07, 6.45) is -4.50. The zero-order valence-corrected chi connectivity index (χ0v) is 21.4. The summed E-state index contributed by atoms with van der Waals surface area (Å²) in [6.45, 7) is 0.588. The minimum absolute atomic E-state index is 0.0301. The monoisotopic (exact) mass is 548 g/mol. The van der Waals surface area contributed by atoms with Gasteiger partial charge in [-0.2, -0.15) is 13.2 Å². The second-order valence-corrected chi connectivity index (χ2v) is 9.04. The molecular formula is C31H27F3N2O4. The summed E-state index contributed by atoms with van der Waals surface area (Å²) in [7, 11) is 0. The van der Waals surface area contributed by atoms with E-state index in [0.29, 0.717) is 23.7 Å². The van der Waals surface area contributed by atoms with Gasteiger partial charge in [-0.25, -0.2) is 0 Å². The van der Waals surface area contributed by atoms with Crippen molar-refractivity contribution < 1.29 is 32.2 Å². The van der Waals surface area contributed by atoms with Crippen molar-refractivity contribution in [3.63, 3.8) is 0 Å². The van der Waals surface area contributed by atoms with E-state index in [1.165, 1.54) is 0 Å². The Labute approximate surface area is 229 Å². The number of rotatable bonds is 11. The summed E-state index contributed by atoms with van der Waals surface area (Å²) in [5.74, 6) is -0.583. The molecule has 0 radical (unpaired) electrons. The molecular weight excluding hydrogens is 521 g/mol. The van der Waals surface area contributed by atoms with Crippen LogP contribution in [0.1, 0.15) is 32.6 Å². The van der Waals surface area contributed by atoms with Crippen molar-refractivity contribution in [3.8, 4) is 11.5 Å². The highest BCUT2D eigenvalue weighted by Gasteiger charge is 2.30. The second-order valence-electron chi connectivity index (χ2n) is 9.04. The normalized spacial score (nSPS) is 11.9. The average molecular weight is 549 g/mol. The molecule has 1 atom stereocenters. The molecule has 4 aromatic carbocycles. The first-order valence-corrected chi connectivity index (χ1v) is 12.4. The topological polar surface area (TPSA) is 90.7 Å². The minimum atomic E-state index is -4.53. The molecule has 0 heterocycles. The van der Waals surface area contributed by atoms with Crippen LogP contribution in [0, 0.1) is 0 Å². The maximum Gasteiger partial charge on any atom is 0.416 e. The first-order valence-electron chi connectivity index (χ1n) is 12.4. The van der Waals surface area contributed by atoms with E-state index in [1.807, 2.05) is 60.7 Å². The van der Waals surface area contributed by atoms with Gasteiger partial charge < -0.3 is 20.5 Å². The van der Waals surface area contributed by atoms with Gasteiger partial charge in [0, 0.05) is 12.0 Å². The number of alkyl halides is 3. The molecule has 0 aliphatic heterocycles. The Morgan fingerprint density at radius 1 is 0.725 bits per heavy atom. The molecule has 6 nitrogen and oxygen atoms in total. The molecule has 9 heteroatoms. The lowest BCUT2D eigenvalue weighted by Gasteiger charge is -2.18. The van der Waals surface area contributed by atoms with E-state index in [2.05, 4.69) is 5.32 Å². The number of benzene rings is 4. The maximum absolute atomic E-state index is 12.8. The predicted molar refractivity (Wildman–Crippen MR) is 144 cm³/mol. The average Bonchev–Trinajstić information content (AvgIpc) is 2.95. The standard InChI is InChI=1S/C31H27F3N2O4/c32-31(33,34)25-14-12-24(13-15-25)30(38)36-26(29(35)37)17-23-11-16-27(39-19-21-7-3-1-4-8-21)28(18-23)40-20-22-9-5-2-6-10-22/h1-16,18,26H,17,19-20H2,(H2,35,37)(H,36,38)/t26-/m0/s1. The number of carbonyl (C=O) groups excluding carboxylic acids is 2. The first-order chi connectivity index (χ1) is 19.2. The molecule has 0 aromatic heterocycles. The smallest absolute Gasteiger partial charge is 0.416 e. The molecule has 0 spiro atoms. The van der Waals surface area contributed by atoms with Crippen LogP contribution in [-0.2, 0) is 30.6 Å². The fraction of sp³-hybridized carbons (Fsp3) is 0.161. The number of primary amides is 1. The van der Waals surface area contributed by atoms with E-state index in [-0.39, 0.29) is 18.6 Å². The molecule has 0 aliphatic carbocycles. The lowest BCUT2D eigenvalue weighted by Crippen LogP contribution is -2.45. The molecule has 3 N–H and O–H groups in total. The highest BCUT2D eigenvalue weighted by molar-refractivity contribution is 5.97. The van der Waals surface area contributed by atoms with Crippen molar-refractivity contribution in [3.05, 3.63) is 131 Å². The number of hydrogen-bond acceptors (Lipinski definition) is 4. The van der Waals surface area contributed by atoms with Crippen LogP contribution in [0.25, 0.3) is 0 Å². The van der Waals surface area contributed by atoms with Crippen molar-refractivity contribution >= 4 is 11.8 Å². The van der Waals surface area contributed by atoms with Crippen LogP contribution in [0.2, 0.25) is 0 Å². The summed E-state index contributed by atoms with van der Waals surface area (Å²) >= 11 is 0. The zero-order chi connectivity index (χ0) is 28.5. The van der Waals surface area contributed by atoms with Gasteiger partial charge in [0.2, 0.25) is 5.91 Å². The highest BCUT2D eigenvalue weighted by atomic mass is 19.4. The Bertz CT molecular complexity index is 1430. The van der Waals surface area contributed by atoms with Gasteiger partial charge in [0.15, 0.2) is 11.5 Å². The maximum atomic E-state index is 12.8. The van der Waals surface area contributed by atoms with E-state index in [4.69, 9.17) is 15.2 Å². The van der Waals surface area contributed by atoms with Crippen LogP contribution in [0.4, 0.5) is 13.2 Å². The molecule has 0 aliphatic rings. The van der Waals surface area contributed by atoms with Crippen molar-refractivity contribution in [2.24, 2.45) is 5.73 Å². The summed E-state index contributed by atoms with van der Waals surface area (Å²) in [5.41, 5.74) is 7.18. The van der Waals surface area contributed by atoms with E-state index in [1.54, 1.807) is 18.2 Å². The summed E-state index contributed by atoms with van der Waals surface area (Å²) < 4.78 is 50.6. The van der Waals surface area contributed by atoms with Crippen LogP contribution in [-0.4, -0.2) is 17.9 Å². The molecule has 40 heavy (non-hydrogen) atoms. The SMILES string of the molecule is NC(=O)[C@H](Cc1ccc(OCc2ccccc2)c(OCc2ccccc2)c1)NC(=O)c1ccc(C(F)(F)F)cc1. The number of hydrogen-bond donors (Lipinski definition) is 2. The number of ether oxygens (including phenoxy) is 2. The van der Waals surface area contributed by atoms with Gasteiger partial charge in [0.1, 0.15) is 19.3 Å². The van der Waals surface area contributed by atoms with E-state index in [9.17, 15) is 22.8 Å². The van der Waals surface area contributed by atoms with Crippen LogP contribution < -0.4 is 20.5 Å². The third kappa shape index (κ3) is 7.86. The van der Waals surface area contributed by atoms with Crippen LogP contribution in [0.15, 0.2) is 103 Å². The lowest BCUT2D eigenvalue weighted by molar-refractivity contribution is -0.137. The van der Waals surface area contributed by atoms with Crippen LogP contribution >= 0.6 is 0 Å². The zero-order valence-electron chi connectivity index (χ0n) is 21.4. The third-order valence-electron chi connectivity index (χ3n) is 6.05. The Kier molecular flexibility index (Phi) is 9.06. The van der Waals surface area contributed by atoms with Gasteiger partial charge in [-0.05, 0) is 53.1 Å². The molecule has 4 aromatic rings. The fourth-order valence-corrected chi connectivity index (χ4v) is 3.89. The van der Waals surface area contributed by atoms with Gasteiger partial charge in [-0.1, -0.05) is 66.7 Å². The van der Waals surface area contributed by atoms with Crippen molar-refractivity contribution in [2.75, 3.05) is 0 Å².